The van der Waals surface area contributed by atoms with E-state index in [1.807, 2.05) is 12.2 Å². The van der Waals surface area contributed by atoms with Crippen molar-refractivity contribution in [1.82, 2.24) is 0 Å². The lowest BCUT2D eigenvalue weighted by molar-refractivity contribution is -0.161. The van der Waals surface area contributed by atoms with Crippen molar-refractivity contribution in [2.75, 3.05) is 39.6 Å². The van der Waals surface area contributed by atoms with Crippen molar-refractivity contribution in [3.8, 4) is 0 Å². The number of hydrogen-bond acceptors (Lipinski definition) is 15. The van der Waals surface area contributed by atoms with E-state index in [2.05, 4.69) is 210 Å². The van der Waals surface area contributed by atoms with Crippen LogP contribution in [0.25, 0.3) is 0 Å². The first-order chi connectivity index (χ1) is 52.7. The van der Waals surface area contributed by atoms with Crippen LogP contribution in [-0.4, -0.2) is 96.7 Å². The Balaban J connectivity index is 5.51. The molecular weight excluding hydrogens is 1400 g/mol. The van der Waals surface area contributed by atoms with Gasteiger partial charge in [-0.1, -0.05) is 273 Å². The number of ether oxygens (including phenoxy) is 4. The fourth-order valence-corrected chi connectivity index (χ4v) is 11.5. The van der Waals surface area contributed by atoms with E-state index in [1.54, 1.807) is 0 Å². The Morgan fingerprint density at radius 3 is 0.796 bits per heavy atom. The molecule has 17 nitrogen and oxygen atoms in total. The number of aliphatic hydroxyl groups is 1. The molecule has 0 heterocycles. The molecule has 0 aromatic rings. The predicted molar refractivity (Wildman–Crippen MR) is 445 cm³/mol. The van der Waals surface area contributed by atoms with Crippen LogP contribution in [-0.2, 0) is 65.4 Å². The molecule has 0 aliphatic heterocycles. The highest BCUT2D eigenvalue weighted by molar-refractivity contribution is 7.47. The molecule has 0 radical (unpaired) electrons. The number of esters is 4. The third-order valence-corrected chi connectivity index (χ3v) is 17.9. The molecule has 3 N–H and O–H groups in total. The van der Waals surface area contributed by atoms with Gasteiger partial charge in [0.15, 0.2) is 12.2 Å². The Bertz CT molecular complexity index is 2810. The molecule has 0 saturated heterocycles. The van der Waals surface area contributed by atoms with Crippen molar-refractivity contribution < 1.29 is 80.2 Å². The molecule has 0 aliphatic carbocycles. The fraction of sp³-hybridized carbons (Fsp3) is 0.596. The molecule has 0 aromatic heterocycles. The van der Waals surface area contributed by atoms with Gasteiger partial charge in [0.05, 0.1) is 26.4 Å². The molecule has 0 saturated carbocycles. The summed E-state index contributed by atoms with van der Waals surface area (Å²) in [5.41, 5.74) is 0. The summed E-state index contributed by atoms with van der Waals surface area (Å²) in [5, 5.41) is 10.7. The van der Waals surface area contributed by atoms with Crippen LogP contribution in [0.5, 0.6) is 0 Å². The standard InChI is InChI=1S/C89H142O17P2/c1-5-9-13-17-21-25-29-33-37-40-41-44-47-50-54-58-62-66-70-74-87(92)100-79-84(105-88(93)75-71-67-63-59-55-51-45-36-32-28-24-20-16-12-8-4)81-103-107(95,96)101-77-83(90)78-102-108(97,98)104-82-85(106-89(94)76-72-68-64-60-56-52-48-43-39-35-31-27-23-19-15-11-7-3)80-99-86(91)73-69-65-61-57-53-49-46-42-38-34-30-26-22-18-14-10-6-2/h10-12,14-16,21-28,33-39,41,44-46,48-49,52,55,57,59,61,83-85,90H,5-9,13,17-20,29-32,40,42-43,47,50-51,53-54,56,58,60,62-82H2,1-4H3,(H,95,96)(H,97,98)/b14-10-,15-11-,16-12-,25-21-,26-22-,27-23-,28-24-,37-33-,38-34-,39-35-,44-41-,45-36-,49-46-,52-48-,59-55-,61-57-. The highest BCUT2D eigenvalue weighted by Gasteiger charge is 2.30. The molecule has 610 valence electrons. The third kappa shape index (κ3) is 78.0. The van der Waals surface area contributed by atoms with E-state index < -0.39 is 97.5 Å². The fourth-order valence-electron chi connectivity index (χ4n) is 9.95. The Morgan fingerprint density at radius 2 is 0.491 bits per heavy atom. The topological polar surface area (TPSA) is 237 Å². The van der Waals surface area contributed by atoms with Crippen molar-refractivity contribution in [3.63, 3.8) is 0 Å². The summed E-state index contributed by atoms with van der Waals surface area (Å²) in [6.45, 7) is 4.33. The molecule has 0 rings (SSSR count). The van der Waals surface area contributed by atoms with Gasteiger partial charge in [0, 0.05) is 25.7 Å². The number of allylic oxidation sites excluding steroid dienone is 32. The largest absolute Gasteiger partial charge is 0.472 e. The van der Waals surface area contributed by atoms with Gasteiger partial charge in [-0.15, -0.1) is 0 Å². The maximum atomic E-state index is 13.1. The van der Waals surface area contributed by atoms with E-state index in [1.165, 1.54) is 19.3 Å². The molecule has 5 unspecified atom stereocenters. The van der Waals surface area contributed by atoms with E-state index in [0.29, 0.717) is 38.5 Å². The zero-order valence-electron chi connectivity index (χ0n) is 66.7. The number of phosphoric ester groups is 2. The first-order valence-corrected chi connectivity index (χ1v) is 43.7. The number of phosphoric acid groups is 2. The normalized spacial score (nSPS) is 14.8. The van der Waals surface area contributed by atoms with E-state index in [0.717, 1.165) is 173 Å². The summed E-state index contributed by atoms with van der Waals surface area (Å²) in [5.74, 6) is -2.35. The zero-order valence-corrected chi connectivity index (χ0v) is 68.5. The van der Waals surface area contributed by atoms with E-state index in [4.69, 9.17) is 37.0 Å². The van der Waals surface area contributed by atoms with Crippen LogP contribution in [0, 0.1) is 0 Å². The van der Waals surface area contributed by atoms with Crippen LogP contribution in [0.4, 0.5) is 0 Å². The summed E-state index contributed by atoms with van der Waals surface area (Å²) in [6, 6.07) is 0. The monoisotopic (exact) mass is 1540 g/mol. The Hall–Kier alpha value is -6.10. The number of carbonyl (C=O) groups is 4. The maximum Gasteiger partial charge on any atom is 0.472 e. The van der Waals surface area contributed by atoms with Gasteiger partial charge in [-0.2, -0.15) is 0 Å². The van der Waals surface area contributed by atoms with Gasteiger partial charge >= 0.3 is 39.5 Å². The lowest BCUT2D eigenvalue weighted by Gasteiger charge is -2.21. The number of carbonyl (C=O) groups excluding carboxylic acids is 4. The van der Waals surface area contributed by atoms with Crippen LogP contribution in [0.1, 0.15) is 285 Å². The lowest BCUT2D eigenvalue weighted by atomic mass is 10.1. The molecule has 0 bridgehead atoms. The van der Waals surface area contributed by atoms with Crippen molar-refractivity contribution in [2.24, 2.45) is 0 Å². The van der Waals surface area contributed by atoms with Gasteiger partial charge in [-0.3, -0.25) is 37.3 Å². The number of rotatable bonds is 74. The third-order valence-electron chi connectivity index (χ3n) is 16.0. The Labute approximate surface area is 653 Å². The predicted octanol–water partition coefficient (Wildman–Crippen LogP) is 24.1. The van der Waals surface area contributed by atoms with Crippen molar-refractivity contribution in [1.29, 1.82) is 0 Å². The average molecular weight is 1550 g/mol. The highest BCUT2D eigenvalue weighted by Crippen LogP contribution is 2.45. The second kappa shape index (κ2) is 79.0. The van der Waals surface area contributed by atoms with Crippen molar-refractivity contribution in [2.45, 2.75) is 303 Å². The minimum absolute atomic E-state index is 0.0303. The summed E-state index contributed by atoms with van der Waals surface area (Å²) in [7, 11) is -10.0. The minimum atomic E-state index is -5.01. The second-order valence-corrected chi connectivity index (χ2v) is 29.1. The summed E-state index contributed by atoms with van der Waals surface area (Å²) < 4.78 is 68.6. The van der Waals surface area contributed by atoms with Crippen molar-refractivity contribution >= 4 is 39.5 Å². The number of unbranched alkanes of at least 4 members (excludes halogenated alkanes) is 16. The van der Waals surface area contributed by atoms with Crippen LogP contribution in [0.3, 0.4) is 0 Å². The molecule has 5 atom stereocenters. The second-order valence-electron chi connectivity index (χ2n) is 26.2. The van der Waals surface area contributed by atoms with Crippen LogP contribution < -0.4 is 0 Å². The minimum Gasteiger partial charge on any atom is -0.462 e. The summed E-state index contributed by atoms with van der Waals surface area (Å²) in [6.07, 6.45) is 97.0. The molecule has 0 amide bonds. The first-order valence-electron chi connectivity index (χ1n) is 40.7. The van der Waals surface area contributed by atoms with Crippen LogP contribution in [0.15, 0.2) is 194 Å². The zero-order chi connectivity index (χ0) is 78.9. The molecule has 0 fully saturated rings. The number of hydrogen-bond donors (Lipinski definition) is 3. The Kier molecular flexibility index (Phi) is 74.5. The van der Waals surface area contributed by atoms with E-state index in [9.17, 15) is 43.2 Å². The summed E-state index contributed by atoms with van der Waals surface area (Å²) in [4.78, 5) is 73.1. The smallest absolute Gasteiger partial charge is 0.462 e. The van der Waals surface area contributed by atoms with Gasteiger partial charge in [-0.05, 0) is 180 Å². The van der Waals surface area contributed by atoms with Crippen molar-refractivity contribution in [3.05, 3.63) is 194 Å². The van der Waals surface area contributed by atoms with Gasteiger partial charge < -0.3 is 33.8 Å². The molecule has 108 heavy (non-hydrogen) atoms. The van der Waals surface area contributed by atoms with Crippen LogP contribution in [0.2, 0.25) is 0 Å². The molecule has 0 aliphatic rings. The first kappa shape index (κ1) is 102. The van der Waals surface area contributed by atoms with Gasteiger partial charge in [0.2, 0.25) is 0 Å². The van der Waals surface area contributed by atoms with Gasteiger partial charge in [-0.25, -0.2) is 9.13 Å². The van der Waals surface area contributed by atoms with Gasteiger partial charge in [0.1, 0.15) is 19.3 Å². The lowest BCUT2D eigenvalue weighted by Crippen LogP contribution is -2.30. The Morgan fingerprint density at radius 1 is 0.269 bits per heavy atom. The quantitative estimate of drug-likeness (QED) is 0.0169. The summed E-state index contributed by atoms with van der Waals surface area (Å²) >= 11 is 0. The SMILES string of the molecule is CC/C=C\C/C=C\C/C=C\C/C=C\C/C=C\CCCC(=O)OCC(COP(=O)(O)OCC(O)COP(=O)(O)OCC(COC(=O)CCCCCCCC/C=C\C/C=C\C/C=C\CCCCC)OC(=O)CCCC/C=C\C/C=C\C/C=C\C/C=C\CC)OC(=O)CCCCCC/C=C\C/C=C\C/C=C\C/C=C\CC. The van der Waals surface area contributed by atoms with Gasteiger partial charge in [0.25, 0.3) is 0 Å². The molecule has 19 heteroatoms. The number of aliphatic hydroxyl groups excluding tert-OH is 1. The highest BCUT2D eigenvalue weighted by atomic mass is 31.2. The van der Waals surface area contributed by atoms with Crippen LogP contribution >= 0.6 is 15.6 Å². The molecule has 0 aromatic carbocycles. The van der Waals surface area contributed by atoms with E-state index >= 15 is 0 Å². The average Bonchev–Trinajstić information content (AvgIpc) is 0.901. The maximum absolute atomic E-state index is 13.1. The molecule has 0 spiro atoms. The molecular formula is C89H142O17P2. The van der Waals surface area contributed by atoms with E-state index in [-0.39, 0.29) is 25.7 Å².